The maximum atomic E-state index is 12.4. The second-order valence-electron chi connectivity index (χ2n) is 6.20. The Labute approximate surface area is 166 Å². The summed E-state index contributed by atoms with van der Waals surface area (Å²) in [5, 5.41) is 9.67. The van der Waals surface area contributed by atoms with Gasteiger partial charge in [-0.25, -0.2) is 4.79 Å². The number of hydrogen-bond donors (Lipinski definition) is 2. The normalized spacial score (nSPS) is 10.9. The van der Waals surface area contributed by atoms with E-state index in [4.69, 9.17) is 11.6 Å². The van der Waals surface area contributed by atoms with Gasteiger partial charge >= 0.3 is 6.03 Å². The number of carbonyl (C=O) groups is 1. The number of urea groups is 1. The van der Waals surface area contributed by atoms with Crippen LogP contribution < -0.4 is 10.6 Å². The Morgan fingerprint density at radius 2 is 1.85 bits per heavy atom. The highest BCUT2D eigenvalue weighted by atomic mass is 35.5. The predicted molar refractivity (Wildman–Crippen MR) is 114 cm³/mol. The molecule has 6 heteroatoms. The van der Waals surface area contributed by atoms with Crippen molar-refractivity contribution in [3.8, 4) is 10.6 Å². The third-order valence-electron chi connectivity index (χ3n) is 4.49. The van der Waals surface area contributed by atoms with E-state index in [-0.39, 0.29) is 6.03 Å². The first kappa shape index (κ1) is 17.6. The van der Waals surface area contributed by atoms with Crippen LogP contribution in [-0.2, 0) is 13.6 Å². The largest absolute Gasteiger partial charge is 0.343 e. The minimum Gasteiger partial charge on any atom is -0.343 e. The SMILES string of the molecule is Cn1c(-c2cccs2)c(CNC(=O)Nc2ccc(Cl)cc2)c2ccccc21. The van der Waals surface area contributed by atoms with E-state index >= 15 is 0 Å². The molecule has 0 fully saturated rings. The van der Waals surface area contributed by atoms with Gasteiger partial charge in [-0.2, -0.15) is 0 Å². The molecule has 0 unspecified atom stereocenters. The van der Waals surface area contributed by atoms with Gasteiger partial charge in [-0.3, -0.25) is 0 Å². The zero-order chi connectivity index (χ0) is 18.8. The fourth-order valence-electron chi connectivity index (χ4n) is 3.26. The fourth-order valence-corrected chi connectivity index (χ4v) is 4.21. The van der Waals surface area contributed by atoms with Crippen LogP contribution in [-0.4, -0.2) is 10.6 Å². The monoisotopic (exact) mass is 395 g/mol. The van der Waals surface area contributed by atoms with E-state index in [9.17, 15) is 4.79 Å². The molecular weight excluding hydrogens is 378 g/mol. The van der Waals surface area contributed by atoms with Gasteiger partial charge in [0.2, 0.25) is 0 Å². The summed E-state index contributed by atoms with van der Waals surface area (Å²) >= 11 is 7.58. The van der Waals surface area contributed by atoms with E-state index in [0.29, 0.717) is 17.3 Å². The lowest BCUT2D eigenvalue weighted by molar-refractivity contribution is 0.252. The molecule has 0 radical (unpaired) electrons. The molecule has 27 heavy (non-hydrogen) atoms. The number of fused-ring (bicyclic) bond motifs is 1. The Morgan fingerprint density at radius 1 is 1.07 bits per heavy atom. The summed E-state index contributed by atoms with van der Waals surface area (Å²) in [6.07, 6.45) is 0. The van der Waals surface area contributed by atoms with Crippen molar-refractivity contribution in [3.63, 3.8) is 0 Å². The predicted octanol–water partition coefficient (Wildman–Crippen LogP) is 5.88. The van der Waals surface area contributed by atoms with Crippen molar-refractivity contribution in [1.82, 2.24) is 9.88 Å². The number of rotatable bonds is 4. The summed E-state index contributed by atoms with van der Waals surface area (Å²) in [6.45, 7) is 0.439. The quantitative estimate of drug-likeness (QED) is 0.445. The Kier molecular flexibility index (Phi) is 4.88. The van der Waals surface area contributed by atoms with Gasteiger partial charge in [0.1, 0.15) is 0 Å². The van der Waals surface area contributed by atoms with Crippen LogP contribution in [0, 0.1) is 0 Å². The molecule has 0 spiro atoms. The number of aryl methyl sites for hydroxylation is 1. The van der Waals surface area contributed by atoms with E-state index in [1.54, 1.807) is 35.6 Å². The molecule has 0 aliphatic rings. The molecule has 2 aromatic carbocycles. The Bertz CT molecular complexity index is 1080. The van der Waals surface area contributed by atoms with Gasteiger partial charge in [-0.05, 0) is 41.8 Å². The van der Waals surface area contributed by atoms with Crippen molar-refractivity contribution in [1.29, 1.82) is 0 Å². The molecule has 0 saturated heterocycles. The maximum Gasteiger partial charge on any atom is 0.319 e. The van der Waals surface area contributed by atoms with Crippen molar-refractivity contribution in [2.45, 2.75) is 6.54 Å². The molecule has 4 aromatic rings. The van der Waals surface area contributed by atoms with Gasteiger partial charge in [0.25, 0.3) is 0 Å². The van der Waals surface area contributed by atoms with Gasteiger partial charge < -0.3 is 15.2 Å². The highest BCUT2D eigenvalue weighted by Gasteiger charge is 2.17. The zero-order valence-electron chi connectivity index (χ0n) is 14.7. The molecule has 0 atom stereocenters. The number of anilines is 1. The minimum absolute atomic E-state index is 0.248. The van der Waals surface area contributed by atoms with E-state index < -0.39 is 0 Å². The molecule has 4 rings (SSSR count). The van der Waals surface area contributed by atoms with E-state index in [2.05, 4.69) is 45.8 Å². The van der Waals surface area contributed by atoms with Crippen LogP contribution in [0.1, 0.15) is 5.56 Å². The maximum absolute atomic E-state index is 12.4. The van der Waals surface area contributed by atoms with Gasteiger partial charge in [0.15, 0.2) is 0 Å². The Balaban J connectivity index is 1.60. The van der Waals surface area contributed by atoms with Crippen molar-refractivity contribution in [2.24, 2.45) is 7.05 Å². The molecule has 0 aliphatic carbocycles. The number of hydrogen-bond acceptors (Lipinski definition) is 2. The average molecular weight is 396 g/mol. The summed E-state index contributed by atoms with van der Waals surface area (Å²) in [5.74, 6) is 0. The highest BCUT2D eigenvalue weighted by Crippen LogP contribution is 2.35. The number of benzene rings is 2. The lowest BCUT2D eigenvalue weighted by Crippen LogP contribution is -2.28. The number of nitrogens with zero attached hydrogens (tertiary/aromatic N) is 1. The summed E-state index contributed by atoms with van der Waals surface area (Å²) in [7, 11) is 2.06. The van der Waals surface area contributed by atoms with Crippen LogP contribution in [0.15, 0.2) is 66.0 Å². The minimum atomic E-state index is -0.248. The zero-order valence-corrected chi connectivity index (χ0v) is 16.3. The number of thiophene rings is 1. The van der Waals surface area contributed by atoms with Crippen LogP contribution >= 0.6 is 22.9 Å². The van der Waals surface area contributed by atoms with Crippen molar-refractivity contribution in [3.05, 3.63) is 76.6 Å². The molecule has 0 saturated carbocycles. The molecule has 2 heterocycles. The number of halogens is 1. The van der Waals surface area contributed by atoms with Gasteiger partial charge in [0.05, 0.1) is 10.6 Å². The Hall–Kier alpha value is -2.76. The first-order valence-corrected chi connectivity index (χ1v) is 9.80. The second-order valence-corrected chi connectivity index (χ2v) is 7.58. The Morgan fingerprint density at radius 3 is 2.59 bits per heavy atom. The third kappa shape index (κ3) is 3.56. The lowest BCUT2D eigenvalue weighted by Gasteiger charge is -2.10. The standard InChI is InChI=1S/C21H18ClN3OS/c1-25-18-6-3-2-5-16(18)17(20(25)19-7-4-12-27-19)13-23-21(26)24-15-10-8-14(22)9-11-15/h2-12H,13H2,1H3,(H2,23,24,26). The van der Waals surface area contributed by atoms with Crippen LogP contribution in [0.2, 0.25) is 5.02 Å². The molecule has 0 bridgehead atoms. The summed E-state index contributed by atoms with van der Waals surface area (Å²) in [4.78, 5) is 13.5. The molecular formula is C21H18ClN3OS. The summed E-state index contributed by atoms with van der Waals surface area (Å²) in [5.41, 5.74) is 4.10. The molecule has 2 amide bonds. The van der Waals surface area contributed by atoms with Crippen molar-refractivity contribution < 1.29 is 4.79 Å². The van der Waals surface area contributed by atoms with Gasteiger partial charge in [-0.15, -0.1) is 11.3 Å². The molecule has 0 aliphatic heterocycles. The van der Waals surface area contributed by atoms with Crippen molar-refractivity contribution in [2.75, 3.05) is 5.32 Å². The van der Waals surface area contributed by atoms with E-state index in [0.717, 1.165) is 22.2 Å². The third-order valence-corrected chi connectivity index (χ3v) is 5.62. The molecule has 136 valence electrons. The van der Waals surface area contributed by atoms with Crippen LogP contribution in [0.5, 0.6) is 0 Å². The lowest BCUT2D eigenvalue weighted by atomic mass is 10.1. The number of nitrogens with one attached hydrogen (secondary N) is 2. The number of aromatic nitrogens is 1. The number of carbonyl (C=O) groups excluding carboxylic acids is 1. The molecule has 4 nitrogen and oxygen atoms in total. The first-order chi connectivity index (χ1) is 13.1. The molecule has 2 aromatic heterocycles. The molecule has 2 N–H and O–H groups in total. The highest BCUT2D eigenvalue weighted by molar-refractivity contribution is 7.13. The first-order valence-electron chi connectivity index (χ1n) is 8.54. The van der Waals surface area contributed by atoms with Crippen LogP contribution in [0.3, 0.4) is 0 Å². The topological polar surface area (TPSA) is 46.1 Å². The van der Waals surface area contributed by atoms with Gasteiger partial charge in [0, 0.05) is 40.8 Å². The fraction of sp³-hybridized carbons (Fsp3) is 0.0952. The van der Waals surface area contributed by atoms with Crippen LogP contribution in [0.25, 0.3) is 21.5 Å². The van der Waals surface area contributed by atoms with Gasteiger partial charge in [-0.1, -0.05) is 35.9 Å². The summed E-state index contributed by atoms with van der Waals surface area (Å²) in [6, 6.07) is 19.2. The number of amides is 2. The van der Waals surface area contributed by atoms with Crippen LogP contribution in [0.4, 0.5) is 10.5 Å². The smallest absolute Gasteiger partial charge is 0.319 e. The average Bonchev–Trinajstić information content (AvgIpc) is 3.29. The second kappa shape index (κ2) is 7.47. The number of para-hydroxylation sites is 1. The van der Waals surface area contributed by atoms with E-state index in [1.165, 1.54) is 4.88 Å². The van der Waals surface area contributed by atoms with Crippen molar-refractivity contribution >= 4 is 45.6 Å². The van der Waals surface area contributed by atoms with E-state index in [1.807, 2.05) is 18.2 Å². The summed E-state index contributed by atoms with van der Waals surface area (Å²) < 4.78 is 2.19.